The lowest BCUT2D eigenvalue weighted by atomic mass is 9.99. The van der Waals surface area contributed by atoms with Crippen LogP contribution in [0.15, 0.2) is 18.2 Å². The van der Waals surface area contributed by atoms with Gasteiger partial charge in [0.1, 0.15) is 0 Å². The van der Waals surface area contributed by atoms with Crippen molar-refractivity contribution in [2.24, 2.45) is 0 Å². The highest BCUT2D eigenvalue weighted by molar-refractivity contribution is 5.96. The third-order valence-electron chi connectivity index (χ3n) is 3.60. The van der Waals surface area contributed by atoms with E-state index < -0.39 is 0 Å². The lowest BCUT2D eigenvalue weighted by Crippen LogP contribution is -2.46. The van der Waals surface area contributed by atoms with Crippen LogP contribution in [-0.4, -0.2) is 24.5 Å². The molecule has 1 amide bonds. The standard InChI is InChI=1S/C15H22N2O/c1-10-4-5-11(2)14(8-10)15(18)17-13-6-7-16-12(3)9-13/h4-5,8,12-13,16H,6-7,9H2,1-3H3,(H,17,18). The van der Waals surface area contributed by atoms with Gasteiger partial charge in [-0.05, 0) is 51.8 Å². The Balaban J connectivity index is 2.05. The van der Waals surface area contributed by atoms with Crippen molar-refractivity contribution in [2.45, 2.75) is 45.7 Å². The van der Waals surface area contributed by atoms with E-state index in [1.807, 2.05) is 32.0 Å². The maximum atomic E-state index is 12.3. The molecule has 0 aliphatic carbocycles. The summed E-state index contributed by atoms with van der Waals surface area (Å²) < 4.78 is 0. The molecule has 1 saturated heterocycles. The minimum absolute atomic E-state index is 0.0651. The predicted molar refractivity (Wildman–Crippen MR) is 73.9 cm³/mol. The van der Waals surface area contributed by atoms with Crippen molar-refractivity contribution in [3.63, 3.8) is 0 Å². The number of amides is 1. The molecule has 1 aliphatic heterocycles. The Morgan fingerprint density at radius 1 is 1.39 bits per heavy atom. The molecular formula is C15H22N2O. The normalized spacial score (nSPS) is 23.7. The average molecular weight is 246 g/mol. The molecule has 1 aromatic rings. The second kappa shape index (κ2) is 5.53. The maximum absolute atomic E-state index is 12.3. The molecule has 3 nitrogen and oxygen atoms in total. The molecule has 1 aromatic carbocycles. The third-order valence-corrected chi connectivity index (χ3v) is 3.60. The maximum Gasteiger partial charge on any atom is 0.251 e. The van der Waals surface area contributed by atoms with Crippen LogP contribution in [0.1, 0.15) is 41.3 Å². The van der Waals surface area contributed by atoms with E-state index in [2.05, 4.69) is 17.6 Å². The molecule has 98 valence electrons. The van der Waals surface area contributed by atoms with Gasteiger partial charge >= 0.3 is 0 Å². The smallest absolute Gasteiger partial charge is 0.251 e. The molecule has 2 unspecified atom stereocenters. The number of rotatable bonds is 2. The molecule has 2 rings (SSSR count). The number of aryl methyl sites for hydroxylation is 2. The zero-order chi connectivity index (χ0) is 13.1. The summed E-state index contributed by atoms with van der Waals surface area (Å²) in [5.41, 5.74) is 2.98. The van der Waals surface area contributed by atoms with Crippen LogP contribution in [0.4, 0.5) is 0 Å². The third kappa shape index (κ3) is 3.10. The van der Waals surface area contributed by atoms with Crippen molar-refractivity contribution in [2.75, 3.05) is 6.54 Å². The monoisotopic (exact) mass is 246 g/mol. The van der Waals surface area contributed by atoms with Crippen LogP contribution in [0.5, 0.6) is 0 Å². The Morgan fingerprint density at radius 3 is 2.89 bits per heavy atom. The van der Waals surface area contributed by atoms with Gasteiger partial charge in [0, 0.05) is 17.6 Å². The van der Waals surface area contributed by atoms with E-state index in [0.717, 1.165) is 36.1 Å². The summed E-state index contributed by atoms with van der Waals surface area (Å²) in [6, 6.07) is 6.81. The summed E-state index contributed by atoms with van der Waals surface area (Å²) in [7, 11) is 0. The highest BCUT2D eigenvalue weighted by Crippen LogP contribution is 2.13. The zero-order valence-corrected chi connectivity index (χ0v) is 11.4. The number of nitrogens with one attached hydrogen (secondary N) is 2. The topological polar surface area (TPSA) is 41.1 Å². The van der Waals surface area contributed by atoms with Gasteiger partial charge in [-0.2, -0.15) is 0 Å². The summed E-state index contributed by atoms with van der Waals surface area (Å²) in [6.07, 6.45) is 2.03. The van der Waals surface area contributed by atoms with Gasteiger partial charge in [0.2, 0.25) is 0 Å². The summed E-state index contributed by atoms with van der Waals surface area (Å²) in [6.45, 7) is 7.15. The van der Waals surface area contributed by atoms with Gasteiger partial charge in [-0.1, -0.05) is 17.7 Å². The second-order valence-electron chi connectivity index (χ2n) is 5.37. The van der Waals surface area contributed by atoms with Crippen molar-refractivity contribution in [1.29, 1.82) is 0 Å². The largest absolute Gasteiger partial charge is 0.349 e. The van der Waals surface area contributed by atoms with Crippen molar-refractivity contribution in [1.82, 2.24) is 10.6 Å². The van der Waals surface area contributed by atoms with Gasteiger partial charge in [0.25, 0.3) is 5.91 Å². The fourth-order valence-electron chi connectivity index (χ4n) is 2.51. The number of piperidine rings is 1. The molecule has 1 heterocycles. The number of carbonyl (C=O) groups is 1. The van der Waals surface area contributed by atoms with Crippen LogP contribution < -0.4 is 10.6 Å². The van der Waals surface area contributed by atoms with Crippen LogP contribution in [0.25, 0.3) is 0 Å². The summed E-state index contributed by atoms with van der Waals surface area (Å²) in [5, 5.41) is 6.55. The SMILES string of the molecule is Cc1ccc(C)c(C(=O)NC2CCNC(C)C2)c1. The van der Waals surface area contributed by atoms with Crippen LogP contribution in [0.3, 0.4) is 0 Å². The van der Waals surface area contributed by atoms with Crippen molar-refractivity contribution in [3.8, 4) is 0 Å². The van der Waals surface area contributed by atoms with Crippen LogP contribution in [-0.2, 0) is 0 Å². The van der Waals surface area contributed by atoms with E-state index >= 15 is 0 Å². The summed E-state index contributed by atoms with van der Waals surface area (Å²) >= 11 is 0. The molecule has 0 spiro atoms. The lowest BCUT2D eigenvalue weighted by Gasteiger charge is -2.28. The molecule has 0 saturated carbocycles. The number of hydrogen-bond donors (Lipinski definition) is 2. The fraction of sp³-hybridized carbons (Fsp3) is 0.533. The van der Waals surface area contributed by atoms with Gasteiger partial charge in [-0.3, -0.25) is 4.79 Å². The Bertz CT molecular complexity index is 442. The highest BCUT2D eigenvalue weighted by atomic mass is 16.1. The minimum atomic E-state index is 0.0651. The van der Waals surface area contributed by atoms with Gasteiger partial charge in [0.15, 0.2) is 0 Å². The molecule has 0 aromatic heterocycles. The first-order chi connectivity index (χ1) is 8.56. The molecule has 1 aliphatic rings. The van der Waals surface area contributed by atoms with Gasteiger partial charge in [-0.15, -0.1) is 0 Å². The molecule has 0 radical (unpaired) electrons. The van der Waals surface area contributed by atoms with Crippen molar-refractivity contribution in [3.05, 3.63) is 34.9 Å². The molecule has 2 N–H and O–H groups in total. The first-order valence-electron chi connectivity index (χ1n) is 6.68. The minimum Gasteiger partial charge on any atom is -0.349 e. The summed E-state index contributed by atoms with van der Waals surface area (Å²) in [4.78, 5) is 12.3. The first-order valence-corrected chi connectivity index (χ1v) is 6.68. The Morgan fingerprint density at radius 2 is 2.17 bits per heavy atom. The van der Waals surface area contributed by atoms with Crippen molar-refractivity contribution >= 4 is 5.91 Å². The van der Waals surface area contributed by atoms with Crippen LogP contribution in [0, 0.1) is 13.8 Å². The Labute approximate surface area is 109 Å². The van der Waals surface area contributed by atoms with E-state index in [4.69, 9.17) is 0 Å². The second-order valence-corrected chi connectivity index (χ2v) is 5.37. The van der Waals surface area contributed by atoms with Gasteiger partial charge in [0.05, 0.1) is 0 Å². The Kier molecular flexibility index (Phi) is 4.02. The quantitative estimate of drug-likeness (QED) is 0.839. The van der Waals surface area contributed by atoms with Crippen molar-refractivity contribution < 1.29 is 4.79 Å². The Hall–Kier alpha value is -1.35. The highest BCUT2D eigenvalue weighted by Gasteiger charge is 2.21. The fourth-order valence-corrected chi connectivity index (χ4v) is 2.51. The van der Waals surface area contributed by atoms with Gasteiger partial charge in [-0.25, -0.2) is 0 Å². The summed E-state index contributed by atoms with van der Waals surface area (Å²) in [5.74, 6) is 0.0651. The molecule has 1 fully saturated rings. The average Bonchev–Trinajstić information content (AvgIpc) is 2.32. The van der Waals surface area contributed by atoms with E-state index in [-0.39, 0.29) is 5.91 Å². The number of benzene rings is 1. The van der Waals surface area contributed by atoms with E-state index in [1.54, 1.807) is 0 Å². The predicted octanol–water partition coefficient (Wildman–Crippen LogP) is 2.17. The van der Waals surface area contributed by atoms with Crippen LogP contribution in [0.2, 0.25) is 0 Å². The van der Waals surface area contributed by atoms with Gasteiger partial charge < -0.3 is 10.6 Å². The molecule has 18 heavy (non-hydrogen) atoms. The van der Waals surface area contributed by atoms with E-state index in [0.29, 0.717) is 12.1 Å². The van der Waals surface area contributed by atoms with E-state index in [9.17, 15) is 4.79 Å². The lowest BCUT2D eigenvalue weighted by molar-refractivity contribution is 0.0925. The van der Waals surface area contributed by atoms with Crippen LogP contribution >= 0.6 is 0 Å². The number of carbonyl (C=O) groups excluding carboxylic acids is 1. The molecule has 2 atom stereocenters. The molecular weight excluding hydrogens is 224 g/mol. The zero-order valence-electron chi connectivity index (χ0n) is 11.4. The molecule has 3 heteroatoms. The first kappa shape index (κ1) is 13.1. The van der Waals surface area contributed by atoms with E-state index in [1.165, 1.54) is 0 Å². The molecule has 0 bridgehead atoms. The number of hydrogen-bond acceptors (Lipinski definition) is 2.